The molecule has 0 radical (unpaired) electrons. The fraction of sp³-hybridized carbons (Fsp3) is 0.571. The van der Waals surface area contributed by atoms with E-state index < -0.39 is 0 Å². The maximum Gasteiger partial charge on any atom is 0.00201 e. The third kappa shape index (κ3) is 3.67. The summed E-state index contributed by atoms with van der Waals surface area (Å²) in [5.41, 5.74) is 2.85. The van der Waals surface area contributed by atoms with E-state index in [4.69, 9.17) is 0 Å². The minimum Gasteiger partial charge on any atom is -0.316 e. The van der Waals surface area contributed by atoms with Crippen molar-refractivity contribution in [2.75, 3.05) is 13.1 Å². The van der Waals surface area contributed by atoms with Gasteiger partial charge in [-0.3, -0.25) is 0 Å². The number of nitrogens with one attached hydrogen (secondary N) is 1. The lowest BCUT2D eigenvalue weighted by molar-refractivity contribution is 0.461. The fourth-order valence-electron chi connectivity index (χ4n) is 1.97. The highest BCUT2D eigenvalue weighted by Gasteiger charge is 2.13. The van der Waals surface area contributed by atoms with Crippen molar-refractivity contribution < 1.29 is 0 Å². The maximum absolute atomic E-state index is 3.45. The molecule has 1 N–H and O–H groups in total. The van der Waals surface area contributed by atoms with Crippen LogP contribution in [0.25, 0.3) is 0 Å². The molecule has 1 nitrogen and oxygen atoms in total. The molecule has 84 valence electrons. The minimum atomic E-state index is 0.745. The van der Waals surface area contributed by atoms with Gasteiger partial charge < -0.3 is 5.32 Å². The normalized spacial score (nSPS) is 20.3. The molecule has 1 fully saturated rings. The minimum absolute atomic E-state index is 0.745. The van der Waals surface area contributed by atoms with Crippen LogP contribution >= 0.6 is 0 Å². The number of aryl methyl sites for hydroxylation is 1. The van der Waals surface area contributed by atoms with Crippen LogP contribution in [0.5, 0.6) is 0 Å². The number of piperidine rings is 1. The lowest BCUT2D eigenvalue weighted by atomic mass is 9.91. The summed E-state index contributed by atoms with van der Waals surface area (Å²) in [5, 5.41) is 3.45. The molecule has 2 rings (SSSR count). The molecule has 0 saturated carbocycles. The molecule has 0 spiro atoms. The molecular weight excluding hydrogens is 182 g/mol. The Kier molecular flexibility index (Phi) is 5.41. The average molecular weight is 205 g/mol. The summed E-state index contributed by atoms with van der Waals surface area (Å²) in [7, 11) is 0. The highest BCUT2D eigenvalue weighted by Crippen LogP contribution is 2.22. The van der Waals surface area contributed by atoms with E-state index in [9.17, 15) is 0 Å². The molecule has 0 aromatic heterocycles. The van der Waals surface area contributed by atoms with Gasteiger partial charge in [-0.1, -0.05) is 43.7 Å². The van der Waals surface area contributed by atoms with Crippen LogP contribution in [0, 0.1) is 6.92 Å². The van der Waals surface area contributed by atoms with Crippen LogP contribution in [-0.4, -0.2) is 13.1 Å². The average Bonchev–Trinajstić information content (AvgIpc) is 2.34. The molecule has 1 unspecified atom stereocenters. The first-order valence-corrected chi connectivity index (χ1v) is 6.13. The smallest absolute Gasteiger partial charge is 0.00201 e. The van der Waals surface area contributed by atoms with Gasteiger partial charge >= 0.3 is 0 Å². The Morgan fingerprint density at radius 2 is 1.80 bits per heavy atom. The summed E-state index contributed by atoms with van der Waals surface area (Å²) >= 11 is 0. The topological polar surface area (TPSA) is 12.0 Å². The van der Waals surface area contributed by atoms with Gasteiger partial charge in [-0.15, -0.1) is 0 Å². The molecule has 1 aromatic carbocycles. The molecule has 1 aliphatic heterocycles. The van der Waals surface area contributed by atoms with Crippen molar-refractivity contribution in [2.24, 2.45) is 0 Å². The number of hydrogen-bond acceptors (Lipinski definition) is 1. The van der Waals surface area contributed by atoms with Crippen LogP contribution in [0.1, 0.15) is 43.7 Å². The predicted octanol–water partition coefficient (Wildman–Crippen LogP) is 3.49. The van der Waals surface area contributed by atoms with Crippen molar-refractivity contribution in [3.8, 4) is 0 Å². The van der Waals surface area contributed by atoms with Crippen LogP contribution < -0.4 is 5.32 Å². The molecule has 0 bridgehead atoms. The van der Waals surface area contributed by atoms with Crippen LogP contribution in [0.4, 0.5) is 0 Å². The molecule has 1 heterocycles. The molecule has 1 atom stereocenters. The van der Waals surface area contributed by atoms with E-state index in [1.165, 1.54) is 30.5 Å². The Morgan fingerprint density at radius 1 is 1.13 bits per heavy atom. The predicted molar refractivity (Wildman–Crippen MR) is 67.4 cm³/mol. The first-order chi connectivity index (χ1) is 7.36. The van der Waals surface area contributed by atoms with Gasteiger partial charge in [0, 0.05) is 6.54 Å². The van der Waals surface area contributed by atoms with Gasteiger partial charge in [-0.05, 0) is 37.8 Å². The zero-order chi connectivity index (χ0) is 11.1. The third-order valence-electron chi connectivity index (χ3n) is 2.85. The van der Waals surface area contributed by atoms with Crippen LogP contribution in [0.15, 0.2) is 24.3 Å². The highest BCUT2D eigenvalue weighted by molar-refractivity contribution is 5.25. The SMILES string of the molecule is CC.Cc1ccc(C2CCCNC2)cc1. The number of rotatable bonds is 1. The number of benzene rings is 1. The summed E-state index contributed by atoms with van der Waals surface area (Å²) < 4.78 is 0. The van der Waals surface area contributed by atoms with Gasteiger partial charge in [0.2, 0.25) is 0 Å². The second kappa shape index (κ2) is 6.62. The standard InChI is InChI=1S/C12H17N.C2H6/c1-10-4-6-11(7-5-10)12-3-2-8-13-9-12;1-2/h4-7,12-13H,2-3,8-9H2,1H3;1-2H3. The molecule has 15 heavy (non-hydrogen) atoms. The summed E-state index contributed by atoms with van der Waals surface area (Å²) in [4.78, 5) is 0. The van der Waals surface area contributed by atoms with Gasteiger partial charge in [0.15, 0.2) is 0 Å². The van der Waals surface area contributed by atoms with E-state index >= 15 is 0 Å². The van der Waals surface area contributed by atoms with Crippen molar-refractivity contribution >= 4 is 0 Å². The molecule has 1 saturated heterocycles. The lowest BCUT2D eigenvalue weighted by Gasteiger charge is -2.23. The van der Waals surface area contributed by atoms with E-state index in [1.807, 2.05) is 13.8 Å². The van der Waals surface area contributed by atoms with Gasteiger partial charge in [0.25, 0.3) is 0 Å². The first-order valence-electron chi connectivity index (χ1n) is 6.13. The van der Waals surface area contributed by atoms with E-state index in [-0.39, 0.29) is 0 Å². The first kappa shape index (κ1) is 12.3. The quantitative estimate of drug-likeness (QED) is 0.740. The number of hydrogen-bond donors (Lipinski definition) is 1. The maximum atomic E-state index is 3.45. The zero-order valence-electron chi connectivity index (χ0n) is 10.2. The van der Waals surface area contributed by atoms with Crippen molar-refractivity contribution in [2.45, 2.75) is 39.5 Å². The zero-order valence-corrected chi connectivity index (χ0v) is 10.2. The van der Waals surface area contributed by atoms with Crippen molar-refractivity contribution in [3.63, 3.8) is 0 Å². The van der Waals surface area contributed by atoms with Crippen molar-refractivity contribution in [1.29, 1.82) is 0 Å². The van der Waals surface area contributed by atoms with Crippen molar-refractivity contribution in [3.05, 3.63) is 35.4 Å². The Bertz CT molecular complexity index is 257. The summed E-state index contributed by atoms with van der Waals surface area (Å²) in [5.74, 6) is 0.745. The largest absolute Gasteiger partial charge is 0.316 e. The summed E-state index contributed by atoms with van der Waals surface area (Å²) in [6, 6.07) is 8.97. The van der Waals surface area contributed by atoms with Gasteiger partial charge in [-0.2, -0.15) is 0 Å². The van der Waals surface area contributed by atoms with Crippen molar-refractivity contribution in [1.82, 2.24) is 5.32 Å². The molecule has 1 aliphatic rings. The molecule has 0 amide bonds. The van der Waals surface area contributed by atoms with E-state index in [1.54, 1.807) is 0 Å². The Morgan fingerprint density at radius 3 is 2.33 bits per heavy atom. The molecule has 0 aliphatic carbocycles. The Balaban J connectivity index is 0.000000531. The van der Waals surface area contributed by atoms with Gasteiger partial charge in [-0.25, -0.2) is 0 Å². The van der Waals surface area contributed by atoms with Gasteiger partial charge in [0.05, 0.1) is 0 Å². The summed E-state index contributed by atoms with van der Waals surface area (Å²) in [6.07, 6.45) is 2.66. The van der Waals surface area contributed by atoms with E-state index in [0.29, 0.717) is 0 Å². The molecular formula is C14H23N. The van der Waals surface area contributed by atoms with Crippen LogP contribution in [0.3, 0.4) is 0 Å². The summed E-state index contributed by atoms with van der Waals surface area (Å²) in [6.45, 7) is 8.49. The molecule has 1 heteroatoms. The second-order valence-electron chi connectivity index (χ2n) is 3.95. The second-order valence-corrected chi connectivity index (χ2v) is 3.95. The third-order valence-corrected chi connectivity index (χ3v) is 2.85. The molecule has 1 aromatic rings. The monoisotopic (exact) mass is 205 g/mol. The van der Waals surface area contributed by atoms with E-state index in [0.717, 1.165) is 12.5 Å². The van der Waals surface area contributed by atoms with Gasteiger partial charge in [0.1, 0.15) is 0 Å². The van der Waals surface area contributed by atoms with E-state index in [2.05, 4.69) is 36.5 Å². The Labute approximate surface area is 93.9 Å². The Hall–Kier alpha value is -0.820. The highest BCUT2D eigenvalue weighted by atomic mass is 14.9. The fourth-order valence-corrected chi connectivity index (χ4v) is 1.97. The van der Waals surface area contributed by atoms with Crippen LogP contribution in [-0.2, 0) is 0 Å². The van der Waals surface area contributed by atoms with Crippen LogP contribution in [0.2, 0.25) is 0 Å². The lowest BCUT2D eigenvalue weighted by Crippen LogP contribution is -2.28.